The monoisotopic (exact) mass is 223 g/mol. The Labute approximate surface area is 92.6 Å². The highest BCUT2D eigenvalue weighted by Crippen LogP contribution is 2.22. The van der Waals surface area contributed by atoms with Crippen LogP contribution in [0.15, 0.2) is 6.33 Å². The van der Waals surface area contributed by atoms with E-state index in [1.54, 1.807) is 4.90 Å². The maximum Gasteiger partial charge on any atom is 0.320 e. The third-order valence-electron chi connectivity index (χ3n) is 2.56. The van der Waals surface area contributed by atoms with Gasteiger partial charge in [0.1, 0.15) is 12.4 Å². The van der Waals surface area contributed by atoms with Crippen LogP contribution in [-0.2, 0) is 4.79 Å². The van der Waals surface area contributed by atoms with Gasteiger partial charge in [-0.15, -0.1) is 0 Å². The number of primary amides is 1. The Kier molecular flexibility index (Phi) is 2.84. The lowest BCUT2D eigenvalue weighted by Gasteiger charge is -2.21. The molecule has 7 nitrogen and oxygen atoms in total. The second kappa shape index (κ2) is 4.30. The van der Waals surface area contributed by atoms with Gasteiger partial charge in [0.25, 0.3) is 0 Å². The summed E-state index contributed by atoms with van der Waals surface area (Å²) in [5.74, 6) is 0.0880. The number of anilines is 1. The predicted octanol–water partition coefficient (Wildman–Crippen LogP) is -0.666. The molecular formula is C9H13N5O2. The van der Waals surface area contributed by atoms with Crippen molar-refractivity contribution < 1.29 is 9.53 Å². The van der Waals surface area contributed by atoms with E-state index in [9.17, 15) is 4.79 Å². The molecule has 1 aliphatic heterocycles. The van der Waals surface area contributed by atoms with Crippen molar-refractivity contribution in [3.05, 3.63) is 6.33 Å². The molecular weight excluding hydrogens is 210 g/mol. The molecule has 0 spiro atoms. The van der Waals surface area contributed by atoms with Crippen molar-refractivity contribution in [3.8, 4) is 6.01 Å². The zero-order valence-electron chi connectivity index (χ0n) is 8.96. The molecule has 1 amide bonds. The molecule has 7 heteroatoms. The summed E-state index contributed by atoms with van der Waals surface area (Å²) in [5, 5.41) is 0. The maximum atomic E-state index is 11.2. The first kappa shape index (κ1) is 10.6. The minimum atomic E-state index is -0.350. The zero-order valence-corrected chi connectivity index (χ0v) is 8.96. The molecule has 0 saturated carbocycles. The Hall–Kier alpha value is -1.92. The van der Waals surface area contributed by atoms with Crippen LogP contribution in [0.3, 0.4) is 0 Å². The molecule has 2 N–H and O–H groups in total. The largest absolute Gasteiger partial charge is 0.467 e. The van der Waals surface area contributed by atoms with Crippen molar-refractivity contribution in [3.63, 3.8) is 0 Å². The molecule has 0 bridgehead atoms. The average Bonchev–Trinajstić information content (AvgIpc) is 2.78. The van der Waals surface area contributed by atoms with Gasteiger partial charge in [-0.05, 0) is 12.8 Å². The summed E-state index contributed by atoms with van der Waals surface area (Å²) >= 11 is 0. The second-order valence-corrected chi connectivity index (χ2v) is 3.53. The summed E-state index contributed by atoms with van der Waals surface area (Å²) in [6, 6.07) is -0.0905. The van der Waals surface area contributed by atoms with Crippen LogP contribution in [0.25, 0.3) is 0 Å². The van der Waals surface area contributed by atoms with E-state index in [-0.39, 0.29) is 18.0 Å². The second-order valence-electron chi connectivity index (χ2n) is 3.53. The highest BCUT2D eigenvalue weighted by Gasteiger charge is 2.31. The van der Waals surface area contributed by atoms with E-state index in [1.165, 1.54) is 13.4 Å². The number of methoxy groups -OCH3 is 1. The number of hydrogen-bond donors (Lipinski definition) is 1. The number of amides is 1. The molecule has 1 aliphatic rings. The topological polar surface area (TPSA) is 94.2 Å². The molecule has 2 rings (SSSR count). The van der Waals surface area contributed by atoms with Crippen molar-refractivity contribution in [1.82, 2.24) is 15.0 Å². The van der Waals surface area contributed by atoms with E-state index < -0.39 is 0 Å². The van der Waals surface area contributed by atoms with Gasteiger partial charge >= 0.3 is 6.01 Å². The van der Waals surface area contributed by atoms with Crippen molar-refractivity contribution in [2.45, 2.75) is 18.9 Å². The van der Waals surface area contributed by atoms with E-state index in [0.29, 0.717) is 5.95 Å². The lowest BCUT2D eigenvalue weighted by Crippen LogP contribution is -2.41. The smallest absolute Gasteiger partial charge is 0.320 e. The standard InChI is InChI=1S/C9H13N5O2/c1-16-9-12-5-11-8(13-9)14-4-2-3-6(14)7(10)15/h5-6H,2-4H2,1H3,(H2,10,15). The maximum absolute atomic E-state index is 11.2. The number of carbonyl (C=O) groups is 1. The molecule has 1 atom stereocenters. The van der Waals surface area contributed by atoms with E-state index in [0.717, 1.165) is 19.4 Å². The number of rotatable bonds is 3. The van der Waals surface area contributed by atoms with Crippen LogP contribution in [0.2, 0.25) is 0 Å². The predicted molar refractivity (Wildman–Crippen MR) is 55.9 cm³/mol. The Morgan fingerprint density at radius 1 is 1.62 bits per heavy atom. The molecule has 0 aromatic carbocycles. The molecule has 1 aromatic heterocycles. The fourth-order valence-corrected chi connectivity index (χ4v) is 1.81. The minimum Gasteiger partial charge on any atom is -0.467 e. The third kappa shape index (κ3) is 1.88. The number of carbonyl (C=O) groups excluding carboxylic acids is 1. The Bertz CT molecular complexity index is 397. The normalized spacial score (nSPS) is 19.8. The van der Waals surface area contributed by atoms with E-state index in [2.05, 4.69) is 15.0 Å². The molecule has 1 fully saturated rings. The summed E-state index contributed by atoms with van der Waals surface area (Å²) in [5.41, 5.74) is 5.31. The van der Waals surface area contributed by atoms with Crippen LogP contribution in [0.1, 0.15) is 12.8 Å². The molecule has 0 radical (unpaired) electrons. The lowest BCUT2D eigenvalue weighted by molar-refractivity contribution is -0.119. The average molecular weight is 223 g/mol. The highest BCUT2D eigenvalue weighted by atomic mass is 16.5. The van der Waals surface area contributed by atoms with Crippen molar-refractivity contribution in [2.24, 2.45) is 5.73 Å². The van der Waals surface area contributed by atoms with E-state index in [4.69, 9.17) is 10.5 Å². The van der Waals surface area contributed by atoms with Gasteiger partial charge < -0.3 is 15.4 Å². The van der Waals surface area contributed by atoms with Gasteiger partial charge in [0, 0.05) is 6.54 Å². The zero-order chi connectivity index (χ0) is 11.5. The molecule has 16 heavy (non-hydrogen) atoms. The minimum absolute atomic E-state index is 0.236. The third-order valence-corrected chi connectivity index (χ3v) is 2.56. The molecule has 0 aliphatic carbocycles. The van der Waals surface area contributed by atoms with Gasteiger partial charge in [0.05, 0.1) is 7.11 Å². The van der Waals surface area contributed by atoms with Gasteiger partial charge in [-0.3, -0.25) is 4.79 Å². The van der Waals surface area contributed by atoms with Crippen LogP contribution < -0.4 is 15.4 Å². The first-order valence-electron chi connectivity index (χ1n) is 5.01. The van der Waals surface area contributed by atoms with Crippen molar-refractivity contribution in [2.75, 3.05) is 18.6 Å². The fraction of sp³-hybridized carbons (Fsp3) is 0.556. The number of ether oxygens (including phenoxy) is 1. The highest BCUT2D eigenvalue weighted by molar-refractivity contribution is 5.83. The number of nitrogens with two attached hydrogens (primary N) is 1. The summed E-state index contributed by atoms with van der Waals surface area (Å²) < 4.78 is 4.91. The summed E-state index contributed by atoms with van der Waals surface area (Å²) in [6.45, 7) is 0.723. The van der Waals surface area contributed by atoms with Crippen LogP contribution in [-0.4, -0.2) is 40.6 Å². The summed E-state index contributed by atoms with van der Waals surface area (Å²) in [6.07, 6.45) is 3.00. The van der Waals surface area contributed by atoms with E-state index >= 15 is 0 Å². The van der Waals surface area contributed by atoms with Crippen LogP contribution >= 0.6 is 0 Å². The first-order valence-corrected chi connectivity index (χ1v) is 5.01. The Morgan fingerprint density at radius 3 is 3.12 bits per heavy atom. The van der Waals surface area contributed by atoms with Crippen LogP contribution in [0.4, 0.5) is 5.95 Å². The van der Waals surface area contributed by atoms with Crippen LogP contribution in [0, 0.1) is 0 Å². The quantitative estimate of drug-likeness (QED) is 0.730. The number of nitrogens with zero attached hydrogens (tertiary/aromatic N) is 4. The van der Waals surface area contributed by atoms with Gasteiger partial charge in [-0.1, -0.05) is 0 Å². The summed E-state index contributed by atoms with van der Waals surface area (Å²) in [4.78, 5) is 24.9. The molecule has 1 aromatic rings. The molecule has 1 unspecified atom stereocenters. The Balaban J connectivity index is 2.25. The molecule has 1 saturated heterocycles. The van der Waals surface area contributed by atoms with E-state index in [1.807, 2.05) is 0 Å². The molecule has 2 heterocycles. The number of hydrogen-bond acceptors (Lipinski definition) is 6. The van der Waals surface area contributed by atoms with Crippen LogP contribution in [0.5, 0.6) is 6.01 Å². The van der Waals surface area contributed by atoms with Crippen molar-refractivity contribution >= 4 is 11.9 Å². The van der Waals surface area contributed by atoms with Crippen molar-refractivity contribution in [1.29, 1.82) is 0 Å². The first-order chi connectivity index (χ1) is 7.72. The van der Waals surface area contributed by atoms with Gasteiger partial charge in [0.15, 0.2) is 0 Å². The SMILES string of the molecule is COc1ncnc(N2CCCC2C(N)=O)n1. The summed E-state index contributed by atoms with van der Waals surface area (Å²) in [7, 11) is 1.48. The fourth-order valence-electron chi connectivity index (χ4n) is 1.81. The van der Waals surface area contributed by atoms with Gasteiger partial charge in [-0.25, -0.2) is 4.98 Å². The van der Waals surface area contributed by atoms with Gasteiger partial charge in [0.2, 0.25) is 11.9 Å². The lowest BCUT2D eigenvalue weighted by atomic mass is 10.2. The number of aromatic nitrogens is 3. The van der Waals surface area contributed by atoms with Gasteiger partial charge in [-0.2, -0.15) is 9.97 Å². The Morgan fingerprint density at radius 2 is 2.44 bits per heavy atom. The molecule has 86 valence electrons.